The number of hydrogen-bond acceptors (Lipinski definition) is 4. The summed E-state index contributed by atoms with van der Waals surface area (Å²) in [7, 11) is 0. The highest BCUT2D eigenvalue weighted by Gasteiger charge is 2.15. The van der Waals surface area contributed by atoms with Crippen molar-refractivity contribution in [2.75, 3.05) is 13.2 Å². The summed E-state index contributed by atoms with van der Waals surface area (Å²) in [6.07, 6.45) is 1.65. The molecule has 0 atom stereocenters. The fourth-order valence-corrected chi connectivity index (χ4v) is 1.57. The van der Waals surface area contributed by atoms with Crippen LogP contribution in [0.5, 0.6) is 0 Å². The highest BCUT2D eigenvalue weighted by atomic mass is 16.5. The molecule has 0 unspecified atom stereocenters. The molecule has 104 valence electrons. The summed E-state index contributed by atoms with van der Waals surface area (Å²) in [6, 6.07) is 6.96. The Morgan fingerprint density at radius 3 is 2.32 bits per heavy atom. The molecule has 4 nitrogen and oxygen atoms in total. The molecule has 0 saturated heterocycles. The first-order valence-corrected chi connectivity index (χ1v) is 6.59. The quantitative estimate of drug-likeness (QED) is 0.711. The maximum absolute atomic E-state index is 11.8. The second-order valence-corrected chi connectivity index (χ2v) is 4.19. The van der Waals surface area contributed by atoms with Gasteiger partial charge in [-0.1, -0.05) is 32.0 Å². The van der Waals surface area contributed by atoms with E-state index in [0.29, 0.717) is 24.3 Å². The average Bonchev–Trinajstić information content (AvgIpc) is 2.43. The Morgan fingerprint density at radius 2 is 1.63 bits per heavy atom. The summed E-state index contributed by atoms with van der Waals surface area (Å²) in [5.74, 6) is -0.710. The van der Waals surface area contributed by atoms with E-state index in [1.807, 2.05) is 13.8 Å². The molecule has 1 aromatic rings. The van der Waals surface area contributed by atoms with E-state index in [1.54, 1.807) is 24.3 Å². The molecule has 0 aliphatic heterocycles. The molecule has 1 rings (SSSR count). The van der Waals surface area contributed by atoms with Crippen LogP contribution in [0, 0.1) is 0 Å². The minimum atomic E-state index is -0.388. The van der Waals surface area contributed by atoms with Crippen LogP contribution in [0.15, 0.2) is 24.3 Å². The molecule has 0 aromatic heterocycles. The van der Waals surface area contributed by atoms with E-state index < -0.39 is 0 Å². The van der Waals surface area contributed by atoms with Crippen LogP contribution in [0.25, 0.3) is 0 Å². The van der Waals surface area contributed by atoms with Crippen molar-refractivity contribution >= 4 is 11.9 Å². The predicted octanol–water partition coefficient (Wildman–Crippen LogP) is 2.75. The van der Waals surface area contributed by atoms with Crippen molar-refractivity contribution in [1.29, 1.82) is 0 Å². The summed E-state index contributed by atoms with van der Waals surface area (Å²) in [4.78, 5) is 23.4. The van der Waals surface area contributed by atoms with Gasteiger partial charge in [0.15, 0.2) is 0 Å². The van der Waals surface area contributed by atoms with Gasteiger partial charge in [0.25, 0.3) is 0 Å². The molecule has 19 heavy (non-hydrogen) atoms. The second-order valence-electron chi connectivity index (χ2n) is 4.19. The van der Waals surface area contributed by atoms with Crippen LogP contribution in [0.2, 0.25) is 0 Å². The van der Waals surface area contributed by atoms with Gasteiger partial charge < -0.3 is 9.47 Å². The van der Waals surface area contributed by atoms with E-state index in [0.717, 1.165) is 12.8 Å². The summed E-state index contributed by atoms with van der Waals surface area (Å²) in [5.41, 5.74) is 1.08. The molecule has 0 radical (unpaired) electrons. The largest absolute Gasteiger partial charge is 0.465 e. The number of rotatable bonds is 7. The number of esters is 2. The highest BCUT2D eigenvalue weighted by molar-refractivity contribution is 5.92. The summed E-state index contributed by atoms with van der Waals surface area (Å²) in [6.45, 7) is 4.65. The van der Waals surface area contributed by atoms with E-state index >= 15 is 0 Å². The van der Waals surface area contributed by atoms with Crippen LogP contribution in [0.4, 0.5) is 0 Å². The van der Waals surface area contributed by atoms with Crippen molar-refractivity contribution < 1.29 is 19.1 Å². The lowest BCUT2D eigenvalue weighted by Gasteiger charge is -2.09. The molecular weight excluding hydrogens is 244 g/mol. The minimum Gasteiger partial charge on any atom is -0.465 e. The third-order valence-corrected chi connectivity index (χ3v) is 2.48. The van der Waals surface area contributed by atoms with Crippen LogP contribution < -0.4 is 0 Å². The van der Waals surface area contributed by atoms with Gasteiger partial charge in [-0.05, 0) is 24.5 Å². The minimum absolute atomic E-state index is 0.0946. The van der Waals surface area contributed by atoms with Crippen molar-refractivity contribution in [3.05, 3.63) is 35.4 Å². The van der Waals surface area contributed by atoms with E-state index in [-0.39, 0.29) is 18.4 Å². The molecule has 0 amide bonds. The third-order valence-electron chi connectivity index (χ3n) is 2.48. The van der Waals surface area contributed by atoms with Crippen LogP contribution in [0.3, 0.4) is 0 Å². The lowest BCUT2D eigenvalue weighted by molar-refractivity contribution is -0.142. The molecule has 4 heteroatoms. The number of benzene rings is 1. The van der Waals surface area contributed by atoms with Gasteiger partial charge >= 0.3 is 11.9 Å². The molecule has 0 fully saturated rings. The Balaban J connectivity index is 2.72. The number of carbonyl (C=O) groups is 2. The maximum Gasteiger partial charge on any atom is 0.338 e. The lowest BCUT2D eigenvalue weighted by atomic mass is 10.0. The van der Waals surface area contributed by atoms with Crippen LogP contribution in [-0.4, -0.2) is 25.2 Å². The molecule has 0 heterocycles. The van der Waals surface area contributed by atoms with Gasteiger partial charge in [0.1, 0.15) is 0 Å². The van der Waals surface area contributed by atoms with Crippen LogP contribution in [0.1, 0.15) is 42.6 Å². The Labute approximate surface area is 113 Å². The fraction of sp³-hybridized carbons (Fsp3) is 0.467. The fourth-order valence-electron chi connectivity index (χ4n) is 1.57. The standard InChI is InChI=1S/C15H20O4/c1-3-9-18-14(16)11-12-7-5-6-8-13(12)15(17)19-10-4-2/h5-8H,3-4,9-11H2,1-2H3. The molecule has 0 bridgehead atoms. The summed E-state index contributed by atoms with van der Waals surface area (Å²) in [5, 5.41) is 0. The second kappa shape index (κ2) is 8.29. The van der Waals surface area contributed by atoms with Gasteiger partial charge in [-0.2, -0.15) is 0 Å². The monoisotopic (exact) mass is 264 g/mol. The first-order valence-electron chi connectivity index (χ1n) is 6.59. The lowest BCUT2D eigenvalue weighted by Crippen LogP contribution is -2.14. The molecule has 0 aliphatic carbocycles. The van der Waals surface area contributed by atoms with Gasteiger partial charge in [0.05, 0.1) is 25.2 Å². The van der Waals surface area contributed by atoms with Crippen molar-refractivity contribution in [3.63, 3.8) is 0 Å². The SMILES string of the molecule is CCCOC(=O)Cc1ccccc1C(=O)OCCC. The van der Waals surface area contributed by atoms with Crippen LogP contribution in [-0.2, 0) is 20.7 Å². The van der Waals surface area contributed by atoms with E-state index in [4.69, 9.17) is 9.47 Å². The third kappa shape index (κ3) is 5.12. The summed E-state index contributed by atoms with van der Waals surface area (Å²) < 4.78 is 10.1. The smallest absolute Gasteiger partial charge is 0.338 e. The Hall–Kier alpha value is -1.84. The van der Waals surface area contributed by atoms with Crippen molar-refractivity contribution in [2.45, 2.75) is 33.1 Å². The van der Waals surface area contributed by atoms with Crippen molar-refractivity contribution in [2.24, 2.45) is 0 Å². The number of hydrogen-bond donors (Lipinski definition) is 0. The van der Waals surface area contributed by atoms with Crippen molar-refractivity contribution in [1.82, 2.24) is 0 Å². The Kier molecular flexibility index (Phi) is 6.64. The first kappa shape index (κ1) is 15.2. The molecule has 0 saturated carbocycles. The normalized spacial score (nSPS) is 10.0. The zero-order chi connectivity index (χ0) is 14.1. The average molecular weight is 264 g/mol. The summed E-state index contributed by atoms with van der Waals surface area (Å²) >= 11 is 0. The Bertz CT molecular complexity index is 426. The van der Waals surface area contributed by atoms with E-state index in [1.165, 1.54) is 0 Å². The zero-order valence-electron chi connectivity index (χ0n) is 11.5. The molecular formula is C15H20O4. The molecule has 1 aromatic carbocycles. The van der Waals surface area contributed by atoms with Gasteiger partial charge in [0.2, 0.25) is 0 Å². The van der Waals surface area contributed by atoms with Gasteiger partial charge in [-0.25, -0.2) is 4.79 Å². The van der Waals surface area contributed by atoms with Gasteiger partial charge in [0, 0.05) is 0 Å². The molecule has 0 aliphatic rings. The van der Waals surface area contributed by atoms with Gasteiger partial charge in [-0.3, -0.25) is 4.79 Å². The highest BCUT2D eigenvalue weighted by Crippen LogP contribution is 2.12. The van der Waals surface area contributed by atoms with E-state index in [2.05, 4.69) is 0 Å². The Morgan fingerprint density at radius 1 is 1.00 bits per heavy atom. The maximum atomic E-state index is 11.8. The zero-order valence-corrected chi connectivity index (χ0v) is 11.5. The number of ether oxygens (including phenoxy) is 2. The molecule has 0 N–H and O–H groups in total. The predicted molar refractivity (Wildman–Crippen MR) is 72.0 cm³/mol. The van der Waals surface area contributed by atoms with Crippen LogP contribution >= 0.6 is 0 Å². The van der Waals surface area contributed by atoms with Gasteiger partial charge in [-0.15, -0.1) is 0 Å². The molecule has 0 spiro atoms. The van der Waals surface area contributed by atoms with Crippen molar-refractivity contribution in [3.8, 4) is 0 Å². The van der Waals surface area contributed by atoms with E-state index in [9.17, 15) is 9.59 Å². The topological polar surface area (TPSA) is 52.6 Å². The number of carbonyl (C=O) groups excluding carboxylic acids is 2. The first-order chi connectivity index (χ1) is 9.19.